The number of H-pyrrole nitrogens is 1. The van der Waals surface area contributed by atoms with Crippen LogP contribution in [0.15, 0.2) is 72.9 Å². The van der Waals surface area contributed by atoms with Gasteiger partial charge in [0.1, 0.15) is 48.3 Å². The third kappa shape index (κ3) is 21.3. The van der Waals surface area contributed by atoms with E-state index < -0.39 is 108 Å². The molecule has 9 atom stereocenters. The Morgan fingerprint density at radius 2 is 1.15 bits per heavy atom. The molecule has 0 saturated carbocycles. The number of nitrogens with one attached hydrogen (secondary N) is 10. The fraction of sp³-hybridized carbons (Fsp3) is 0.550. The SMILES string of the molecule is CCCCCCC[C@@H](O)CC(=O)N[C@H](CCN)C(=O)N[C@H]1CCNC(=O)[C@H](Cc2c[nH]c3ccccc23)NC(=O)[C@H](CCN)NC(=O)[C@H](CCN)NC(=O)[C@H](CC(C)C)NC(=O)[C@@H](Cc2ccc3ccccc3c2)NC(=O)[C@H](CCN)NC1=O. The fourth-order valence-corrected chi connectivity index (χ4v) is 10.2. The highest BCUT2D eigenvalue weighted by Gasteiger charge is 2.36. The van der Waals surface area contributed by atoms with Crippen LogP contribution in [0.25, 0.3) is 21.7 Å². The minimum Gasteiger partial charge on any atom is -0.393 e. The molecule has 0 unspecified atom stereocenters. The zero-order valence-corrected chi connectivity index (χ0v) is 48.8. The predicted octanol–water partition coefficient (Wildman–Crippen LogP) is 0.0574. The van der Waals surface area contributed by atoms with Crippen molar-refractivity contribution in [3.63, 3.8) is 0 Å². The molecule has 0 bridgehead atoms. The minimum atomic E-state index is -1.52. The Balaban J connectivity index is 1.55. The maximum atomic E-state index is 14.7. The number of amides is 9. The van der Waals surface area contributed by atoms with Gasteiger partial charge in [0.05, 0.1) is 12.5 Å². The number of carbonyl (C=O) groups excluding carboxylic acids is 9. The molecule has 1 aliphatic rings. The molecular weight excluding hydrogens is 1080 g/mol. The summed E-state index contributed by atoms with van der Waals surface area (Å²) < 4.78 is 0. The van der Waals surface area contributed by atoms with Gasteiger partial charge < -0.3 is 80.9 Å². The van der Waals surface area contributed by atoms with Crippen LogP contribution in [-0.2, 0) is 56.0 Å². The first-order valence-electron chi connectivity index (χ1n) is 29.6. The van der Waals surface area contributed by atoms with Crippen molar-refractivity contribution < 1.29 is 48.3 Å². The van der Waals surface area contributed by atoms with Gasteiger partial charge in [-0.05, 0) is 105 Å². The van der Waals surface area contributed by atoms with Crippen LogP contribution < -0.4 is 70.8 Å². The van der Waals surface area contributed by atoms with Crippen LogP contribution in [0, 0.1) is 5.92 Å². The first-order chi connectivity index (χ1) is 40.4. The third-order valence-corrected chi connectivity index (χ3v) is 14.8. The molecule has 1 fully saturated rings. The molecule has 24 nitrogen and oxygen atoms in total. The number of nitrogens with two attached hydrogens (primary N) is 4. The molecule has 1 aliphatic heterocycles. The summed E-state index contributed by atoms with van der Waals surface area (Å²) in [5.74, 6) is -7.19. The van der Waals surface area contributed by atoms with Gasteiger partial charge in [0.15, 0.2) is 0 Å². The van der Waals surface area contributed by atoms with Crippen molar-refractivity contribution in [1.29, 1.82) is 0 Å². The van der Waals surface area contributed by atoms with E-state index in [1.165, 1.54) is 0 Å². The molecule has 24 heteroatoms. The maximum Gasteiger partial charge on any atom is 0.243 e. The fourth-order valence-electron chi connectivity index (χ4n) is 10.2. The first kappa shape index (κ1) is 67.3. The number of hydrogen-bond acceptors (Lipinski definition) is 14. The number of aromatic nitrogens is 1. The Morgan fingerprint density at radius 3 is 1.77 bits per heavy atom. The van der Waals surface area contributed by atoms with Gasteiger partial charge in [-0.3, -0.25) is 43.2 Å². The summed E-state index contributed by atoms with van der Waals surface area (Å²) in [5.41, 5.74) is 26.0. The first-order valence-corrected chi connectivity index (χ1v) is 29.6. The zero-order chi connectivity index (χ0) is 61.1. The number of unbranched alkanes of at least 4 members (excludes halogenated alkanes) is 4. The molecule has 5 rings (SSSR count). The molecule has 460 valence electrons. The van der Waals surface area contributed by atoms with Gasteiger partial charge in [0, 0.05) is 36.5 Å². The monoisotopic (exact) mass is 1170 g/mol. The molecule has 0 aliphatic carbocycles. The summed E-state index contributed by atoms with van der Waals surface area (Å²) in [5, 5.41) is 37.8. The average Bonchev–Trinajstić information content (AvgIpc) is 4.12. The quantitative estimate of drug-likeness (QED) is 0.0391. The van der Waals surface area contributed by atoms with Gasteiger partial charge in [-0.25, -0.2) is 0 Å². The van der Waals surface area contributed by atoms with E-state index in [0.717, 1.165) is 47.4 Å². The molecule has 0 spiro atoms. The van der Waals surface area contributed by atoms with Crippen LogP contribution in [0.4, 0.5) is 0 Å². The molecule has 0 radical (unpaired) electrons. The van der Waals surface area contributed by atoms with Crippen LogP contribution in [0.5, 0.6) is 0 Å². The highest BCUT2D eigenvalue weighted by atomic mass is 16.3. The molecule has 9 amide bonds. The molecule has 1 saturated heterocycles. The second kappa shape index (κ2) is 34.9. The predicted molar refractivity (Wildman–Crippen MR) is 321 cm³/mol. The average molecular weight is 1170 g/mol. The molecule has 2 heterocycles. The minimum absolute atomic E-state index is 0.0610. The summed E-state index contributed by atoms with van der Waals surface area (Å²) in [6.07, 6.45) is 4.78. The number of hydrogen-bond donors (Lipinski definition) is 15. The van der Waals surface area contributed by atoms with Crippen molar-refractivity contribution in [3.05, 3.63) is 84.1 Å². The summed E-state index contributed by atoms with van der Waals surface area (Å²) >= 11 is 0. The Kier molecular flexibility index (Phi) is 28.0. The number of benzene rings is 3. The topological polar surface area (TPSA) is 402 Å². The lowest BCUT2D eigenvalue weighted by Crippen LogP contribution is -2.61. The van der Waals surface area contributed by atoms with Crippen LogP contribution in [-0.4, -0.2) is 150 Å². The van der Waals surface area contributed by atoms with Gasteiger partial charge in [0.2, 0.25) is 53.2 Å². The van der Waals surface area contributed by atoms with Crippen molar-refractivity contribution in [2.75, 3.05) is 32.7 Å². The van der Waals surface area contributed by atoms with Gasteiger partial charge in [-0.2, -0.15) is 0 Å². The normalized spacial score (nSPS) is 21.7. The van der Waals surface area contributed by atoms with Crippen molar-refractivity contribution in [1.82, 2.24) is 52.8 Å². The molecule has 84 heavy (non-hydrogen) atoms. The number of para-hydroxylation sites is 1. The van der Waals surface area contributed by atoms with Crippen LogP contribution in [0.3, 0.4) is 0 Å². The standard InChI is InChI=1S/C60H90N14O10/c1-4-5-6-7-8-15-41(75)34-52(76)67-44(20-25-61)54(78)71-48-24-29-65-53(77)51(33-40-35-66-43-17-12-11-16-42(40)43)74-57(81)47(23-28-64)68-55(79)45(21-26-62)70-59(83)49(30-36(2)3)72-60(84)50(73-56(80)46(22-27-63)69-58(48)82)32-37-18-19-38-13-9-10-14-39(38)31-37/h9-14,16-19,31,35-36,41,44-51,66,75H,4-8,15,20-30,32-34,61-64H2,1-3H3,(H,65,77)(H,67,76)(H,68,79)(H,69,82)(H,70,83)(H,71,78)(H,72,84)(H,73,80)(H,74,81)/t41-,44-,45+,46+,47+,48+,49+,50-,51+/m1/s1. The Labute approximate surface area is 491 Å². The van der Waals surface area contributed by atoms with Crippen LogP contribution in [0.1, 0.15) is 115 Å². The largest absolute Gasteiger partial charge is 0.393 e. The van der Waals surface area contributed by atoms with Gasteiger partial charge >= 0.3 is 0 Å². The molecule has 4 aromatic rings. The smallest absolute Gasteiger partial charge is 0.243 e. The van der Waals surface area contributed by atoms with E-state index in [1.54, 1.807) is 12.3 Å². The van der Waals surface area contributed by atoms with E-state index in [0.29, 0.717) is 24.0 Å². The van der Waals surface area contributed by atoms with E-state index in [9.17, 15) is 48.3 Å². The van der Waals surface area contributed by atoms with Gasteiger partial charge in [-0.15, -0.1) is 0 Å². The second-order valence-corrected chi connectivity index (χ2v) is 22.1. The Morgan fingerprint density at radius 1 is 0.607 bits per heavy atom. The van der Waals surface area contributed by atoms with Gasteiger partial charge in [0.25, 0.3) is 0 Å². The summed E-state index contributed by atoms with van der Waals surface area (Å²) in [6.45, 7) is 5.11. The second-order valence-electron chi connectivity index (χ2n) is 22.1. The number of aliphatic hydroxyl groups is 1. The maximum absolute atomic E-state index is 14.7. The molecule has 1 aromatic heterocycles. The number of rotatable bonds is 25. The van der Waals surface area contributed by atoms with E-state index in [-0.39, 0.29) is 96.4 Å². The van der Waals surface area contributed by atoms with E-state index >= 15 is 0 Å². The summed E-state index contributed by atoms with van der Waals surface area (Å²) in [7, 11) is 0. The Hall–Kier alpha value is -7.51. The van der Waals surface area contributed by atoms with E-state index in [4.69, 9.17) is 22.9 Å². The number of aromatic amines is 1. The lowest BCUT2D eigenvalue weighted by Gasteiger charge is -2.28. The highest BCUT2D eigenvalue weighted by Crippen LogP contribution is 2.21. The number of fused-ring (bicyclic) bond motifs is 2. The summed E-state index contributed by atoms with van der Waals surface area (Å²) in [6, 6.07) is 9.61. The van der Waals surface area contributed by atoms with Crippen molar-refractivity contribution >= 4 is 74.8 Å². The highest BCUT2D eigenvalue weighted by molar-refractivity contribution is 5.99. The van der Waals surface area contributed by atoms with E-state index in [1.807, 2.05) is 74.5 Å². The molecule has 3 aromatic carbocycles. The summed E-state index contributed by atoms with van der Waals surface area (Å²) in [4.78, 5) is 132. The van der Waals surface area contributed by atoms with Crippen molar-refractivity contribution in [2.24, 2.45) is 28.9 Å². The molecule has 19 N–H and O–H groups in total. The van der Waals surface area contributed by atoms with Crippen molar-refractivity contribution in [3.8, 4) is 0 Å². The van der Waals surface area contributed by atoms with Crippen LogP contribution in [0.2, 0.25) is 0 Å². The van der Waals surface area contributed by atoms with Gasteiger partial charge in [-0.1, -0.05) is 114 Å². The number of carbonyl (C=O) groups is 9. The van der Waals surface area contributed by atoms with E-state index in [2.05, 4.69) is 59.8 Å². The molecular formula is C60H90N14O10. The third-order valence-electron chi connectivity index (χ3n) is 14.8. The van der Waals surface area contributed by atoms with Crippen LogP contribution >= 0.6 is 0 Å². The Bertz CT molecular complexity index is 2830. The lowest BCUT2D eigenvalue weighted by atomic mass is 9.99. The zero-order valence-electron chi connectivity index (χ0n) is 48.8. The van der Waals surface area contributed by atoms with Crippen molar-refractivity contribution in [2.45, 2.75) is 172 Å². The lowest BCUT2D eigenvalue weighted by molar-refractivity contribution is -0.136. The number of aliphatic hydroxyl groups excluding tert-OH is 1.